The van der Waals surface area contributed by atoms with Crippen LogP contribution in [-0.2, 0) is 21.1 Å². The smallest absolute Gasteiger partial charge is 0.313 e. The van der Waals surface area contributed by atoms with Crippen LogP contribution in [0.25, 0.3) is 6.08 Å². The van der Waals surface area contributed by atoms with Crippen molar-refractivity contribution in [1.82, 2.24) is 9.78 Å². The van der Waals surface area contributed by atoms with Gasteiger partial charge in [0.1, 0.15) is 0 Å². The molecule has 27 heavy (non-hydrogen) atoms. The zero-order valence-corrected chi connectivity index (χ0v) is 16.7. The van der Waals surface area contributed by atoms with Gasteiger partial charge in [-0.05, 0) is 37.8 Å². The van der Waals surface area contributed by atoms with Crippen LogP contribution in [0.1, 0.15) is 32.8 Å². The average Bonchev–Trinajstić information content (AvgIpc) is 3.06. The second-order valence-corrected chi connectivity index (χ2v) is 7.98. The van der Waals surface area contributed by atoms with Gasteiger partial charge in [-0.1, -0.05) is 30.3 Å². The van der Waals surface area contributed by atoms with E-state index < -0.39 is 5.41 Å². The fraction of sp³-hybridized carbons (Fsp3) is 0.350. The molecule has 0 saturated heterocycles. The van der Waals surface area contributed by atoms with Gasteiger partial charge in [0.15, 0.2) is 6.73 Å². The van der Waals surface area contributed by atoms with Gasteiger partial charge >= 0.3 is 5.97 Å². The Balaban J connectivity index is 1.68. The quantitative estimate of drug-likeness (QED) is 0.544. The number of hydrogen-bond donors (Lipinski definition) is 1. The van der Waals surface area contributed by atoms with Gasteiger partial charge in [-0.25, -0.2) is 4.68 Å². The van der Waals surface area contributed by atoms with Crippen LogP contribution in [0.3, 0.4) is 0 Å². The number of esters is 1. The molecule has 7 heteroatoms. The Bertz CT molecular complexity index is 779. The third-order valence-corrected chi connectivity index (χ3v) is 4.23. The number of hydrogen-bond acceptors (Lipinski definition) is 5. The number of amides is 1. The number of ether oxygens (including phenoxy) is 1. The van der Waals surface area contributed by atoms with Gasteiger partial charge in [0, 0.05) is 12.2 Å². The number of carbonyl (C=O) groups excluding carboxylic acids is 2. The third-order valence-electron chi connectivity index (χ3n) is 3.46. The van der Waals surface area contributed by atoms with Crippen LogP contribution in [0.15, 0.2) is 48.1 Å². The molecule has 1 amide bonds. The fourth-order valence-electron chi connectivity index (χ4n) is 1.97. The van der Waals surface area contributed by atoms with Crippen molar-refractivity contribution in [3.8, 4) is 0 Å². The molecule has 0 saturated carbocycles. The molecule has 0 radical (unpaired) electrons. The first-order valence-electron chi connectivity index (χ1n) is 8.67. The minimum Gasteiger partial charge on any atom is -0.442 e. The van der Waals surface area contributed by atoms with Gasteiger partial charge in [-0.2, -0.15) is 5.10 Å². The molecular weight excluding hydrogens is 362 g/mol. The summed E-state index contributed by atoms with van der Waals surface area (Å²) in [6, 6.07) is 10.0. The highest BCUT2D eigenvalue weighted by Crippen LogP contribution is 2.16. The van der Waals surface area contributed by atoms with Gasteiger partial charge in [0.05, 0.1) is 23.5 Å². The van der Waals surface area contributed by atoms with Gasteiger partial charge in [-0.3, -0.25) is 9.59 Å². The van der Waals surface area contributed by atoms with Crippen LogP contribution in [0, 0.1) is 5.41 Å². The van der Waals surface area contributed by atoms with Crippen LogP contribution >= 0.6 is 11.8 Å². The summed E-state index contributed by atoms with van der Waals surface area (Å²) < 4.78 is 6.65. The normalized spacial score (nSPS) is 11.5. The van der Waals surface area contributed by atoms with Crippen molar-refractivity contribution in [3.05, 3.63) is 53.7 Å². The van der Waals surface area contributed by atoms with Gasteiger partial charge in [-0.15, -0.1) is 11.8 Å². The van der Waals surface area contributed by atoms with E-state index in [-0.39, 0.29) is 18.6 Å². The van der Waals surface area contributed by atoms with Crippen LogP contribution in [0.4, 0.5) is 5.69 Å². The largest absolute Gasteiger partial charge is 0.442 e. The third kappa shape index (κ3) is 7.70. The summed E-state index contributed by atoms with van der Waals surface area (Å²) in [6.45, 7) is 5.39. The molecule has 0 bridgehead atoms. The Hall–Kier alpha value is -2.54. The van der Waals surface area contributed by atoms with E-state index in [4.69, 9.17) is 4.74 Å². The summed E-state index contributed by atoms with van der Waals surface area (Å²) >= 11 is 1.59. The molecular formula is C20H25N3O3S. The van der Waals surface area contributed by atoms with E-state index in [1.807, 2.05) is 41.8 Å². The molecule has 1 heterocycles. The molecule has 6 nitrogen and oxygen atoms in total. The second kappa shape index (κ2) is 9.97. The molecule has 0 atom stereocenters. The van der Waals surface area contributed by atoms with E-state index >= 15 is 0 Å². The molecule has 2 rings (SSSR count). The number of benzene rings is 1. The highest BCUT2D eigenvalue weighted by atomic mass is 32.2. The molecule has 0 aliphatic carbocycles. The molecule has 1 aromatic carbocycles. The van der Waals surface area contributed by atoms with Crippen LogP contribution in [0.5, 0.6) is 0 Å². The Morgan fingerprint density at radius 3 is 2.70 bits per heavy atom. The van der Waals surface area contributed by atoms with Gasteiger partial charge in [0.25, 0.3) is 0 Å². The first-order valence-corrected chi connectivity index (χ1v) is 9.72. The lowest BCUT2D eigenvalue weighted by atomic mass is 9.98. The predicted octanol–water partition coefficient (Wildman–Crippen LogP) is 4.16. The summed E-state index contributed by atoms with van der Waals surface area (Å²) in [5, 5.41) is 8.85. The first kappa shape index (κ1) is 20.8. The Morgan fingerprint density at radius 2 is 2.00 bits per heavy atom. The van der Waals surface area contributed by atoms with Crippen molar-refractivity contribution in [1.29, 1.82) is 0 Å². The number of nitrogens with one attached hydrogen (secondary N) is 1. The lowest BCUT2D eigenvalue weighted by Crippen LogP contribution is -2.24. The van der Waals surface area contributed by atoms with E-state index in [0.717, 1.165) is 5.56 Å². The molecule has 0 unspecified atom stereocenters. The minimum atomic E-state index is -0.559. The summed E-state index contributed by atoms with van der Waals surface area (Å²) in [4.78, 5) is 23.7. The fourth-order valence-corrected chi connectivity index (χ4v) is 2.67. The number of nitrogens with zero attached hydrogens (tertiary/aromatic N) is 2. The minimum absolute atomic E-state index is 0.0199. The molecule has 1 N–H and O–H groups in total. The molecule has 0 fully saturated rings. The van der Waals surface area contributed by atoms with Gasteiger partial charge < -0.3 is 10.1 Å². The Labute approximate surface area is 164 Å². The van der Waals surface area contributed by atoms with Crippen molar-refractivity contribution in [3.63, 3.8) is 0 Å². The summed E-state index contributed by atoms with van der Waals surface area (Å²) in [5.41, 5.74) is 1.15. The van der Waals surface area contributed by atoms with Crippen molar-refractivity contribution in [2.24, 2.45) is 5.41 Å². The molecule has 144 valence electrons. The Kier molecular flexibility index (Phi) is 7.67. The van der Waals surface area contributed by atoms with Crippen LogP contribution in [0.2, 0.25) is 0 Å². The average molecular weight is 388 g/mol. The number of carbonyl (C=O) groups is 2. The molecule has 0 aliphatic heterocycles. The monoisotopic (exact) mass is 387 g/mol. The van der Waals surface area contributed by atoms with Crippen molar-refractivity contribution < 1.29 is 14.3 Å². The summed E-state index contributed by atoms with van der Waals surface area (Å²) in [6.07, 6.45) is 5.58. The maximum atomic E-state index is 12.0. The maximum absolute atomic E-state index is 12.0. The first-order chi connectivity index (χ1) is 12.8. The lowest BCUT2D eigenvalue weighted by molar-refractivity contribution is -0.157. The van der Waals surface area contributed by atoms with E-state index in [1.54, 1.807) is 38.7 Å². The molecule has 0 spiro atoms. The maximum Gasteiger partial charge on any atom is 0.313 e. The molecule has 0 aliphatic rings. The van der Waals surface area contributed by atoms with E-state index in [0.29, 0.717) is 17.9 Å². The van der Waals surface area contributed by atoms with Gasteiger partial charge in [0.2, 0.25) is 5.91 Å². The number of anilines is 1. The molecule has 1 aromatic heterocycles. The van der Waals surface area contributed by atoms with E-state index in [1.165, 1.54) is 10.9 Å². The van der Waals surface area contributed by atoms with Crippen molar-refractivity contribution in [2.45, 2.75) is 33.9 Å². The highest BCUT2D eigenvalue weighted by Gasteiger charge is 2.23. The summed E-state index contributed by atoms with van der Waals surface area (Å²) in [5.74, 6) is 0.304. The predicted molar refractivity (Wildman–Crippen MR) is 109 cm³/mol. The van der Waals surface area contributed by atoms with E-state index in [9.17, 15) is 9.59 Å². The Morgan fingerprint density at radius 1 is 1.26 bits per heavy atom. The SMILES string of the molecule is CC(C)(C)C(=O)OCn1cc(NC(=O)CCS/C=C\c2ccccc2)cn1. The zero-order chi connectivity index (χ0) is 19.7. The standard InChI is InChI=1S/C20H25N3O3S/c1-20(2,3)19(25)26-15-23-14-17(13-21-23)22-18(24)10-12-27-11-9-16-7-5-4-6-8-16/h4-9,11,13-14H,10,12,15H2,1-3H3,(H,22,24)/b11-9-. The highest BCUT2D eigenvalue weighted by molar-refractivity contribution is 8.02. The van der Waals surface area contributed by atoms with Crippen molar-refractivity contribution >= 4 is 35.4 Å². The topological polar surface area (TPSA) is 73.2 Å². The van der Waals surface area contributed by atoms with Crippen LogP contribution < -0.4 is 5.32 Å². The lowest BCUT2D eigenvalue weighted by Gasteiger charge is -2.16. The zero-order valence-electron chi connectivity index (χ0n) is 15.8. The number of rotatable bonds is 8. The van der Waals surface area contributed by atoms with Crippen molar-refractivity contribution in [2.75, 3.05) is 11.1 Å². The van der Waals surface area contributed by atoms with E-state index in [2.05, 4.69) is 10.4 Å². The number of aromatic nitrogens is 2. The van der Waals surface area contributed by atoms with Crippen LogP contribution in [-0.4, -0.2) is 27.4 Å². The summed E-state index contributed by atoms with van der Waals surface area (Å²) in [7, 11) is 0. The molecule has 2 aromatic rings. The second-order valence-electron chi connectivity index (χ2n) is 6.96. The number of thioether (sulfide) groups is 1.